The van der Waals surface area contributed by atoms with E-state index < -0.39 is 0 Å². The van der Waals surface area contributed by atoms with Crippen LogP contribution < -0.4 is 19.9 Å². The number of aromatic nitrogens is 15. The van der Waals surface area contributed by atoms with Gasteiger partial charge in [-0.15, -0.1) is 11.3 Å². The van der Waals surface area contributed by atoms with Crippen LogP contribution in [0.5, 0.6) is 0 Å². The number of hydrogen-bond donors (Lipinski definition) is 0. The van der Waals surface area contributed by atoms with Crippen molar-refractivity contribution >= 4 is 61.4 Å². The van der Waals surface area contributed by atoms with Gasteiger partial charge in [0.2, 0.25) is 5.89 Å². The van der Waals surface area contributed by atoms with Crippen LogP contribution in [-0.2, 0) is 108 Å². The number of hydrogen-bond acceptors (Lipinski definition) is 13. The summed E-state index contributed by atoms with van der Waals surface area (Å²) >= 11 is 1.56. The average molecular weight is 1940 g/mol. The van der Waals surface area contributed by atoms with Crippen molar-refractivity contribution in [2.24, 2.45) is 12.0 Å². The van der Waals surface area contributed by atoms with Crippen LogP contribution in [0.2, 0.25) is 0 Å². The van der Waals surface area contributed by atoms with Crippen molar-refractivity contribution in [3.8, 4) is 45.7 Å². The van der Waals surface area contributed by atoms with Gasteiger partial charge in [-0.05, 0) is 92.1 Å². The Bertz CT molecular complexity index is 3660. The summed E-state index contributed by atoms with van der Waals surface area (Å²) in [6, 6.07) is 38.5. The molecule has 0 unspecified atom stereocenters. The number of rotatable bonds is 5. The molecule has 0 spiro atoms. The zero-order valence-corrected chi connectivity index (χ0v) is 54.6. The van der Waals surface area contributed by atoms with E-state index in [1.165, 1.54) is 6.26 Å². The topological polar surface area (TPSA) is 230 Å². The molecule has 10 aromatic heterocycles. The van der Waals surface area contributed by atoms with Crippen LogP contribution in [0.15, 0.2) is 186 Å². The molecule has 0 N–H and O–H groups in total. The zero-order valence-electron chi connectivity index (χ0n) is 41.8. The van der Waals surface area contributed by atoms with E-state index in [1.54, 1.807) is 48.5 Å². The number of amidine groups is 1. The number of aliphatic imine (C=N–C) groups is 1. The molecular formula is C54H44Ir5N17OS-5. The molecule has 11 heterocycles. The molecule has 1 aliphatic rings. The molecule has 407 valence electrons. The Kier molecular flexibility index (Phi) is 22.9. The minimum absolute atomic E-state index is 0. The number of oxazole rings is 1. The van der Waals surface area contributed by atoms with Gasteiger partial charge >= 0.3 is 0 Å². The first-order valence-electron chi connectivity index (χ1n) is 22.9. The molecule has 0 saturated heterocycles. The second kappa shape index (κ2) is 28.6. The number of imidazole rings is 5. The van der Waals surface area contributed by atoms with E-state index in [0.717, 1.165) is 72.5 Å². The van der Waals surface area contributed by atoms with Crippen LogP contribution in [0.4, 0.5) is 0 Å². The van der Waals surface area contributed by atoms with E-state index in [0.29, 0.717) is 29.0 Å². The quantitative estimate of drug-likeness (QED) is 0.156. The number of para-hydroxylation sites is 6. The third kappa shape index (κ3) is 14.9. The van der Waals surface area contributed by atoms with Gasteiger partial charge in [0.05, 0.1) is 17.6 Å². The first-order chi connectivity index (χ1) is 35.6. The summed E-state index contributed by atoms with van der Waals surface area (Å²) in [5, 5.41) is 7.43. The van der Waals surface area contributed by atoms with E-state index in [-0.39, 0.29) is 112 Å². The minimum atomic E-state index is -0.153. The Balaban J connectivity index is 0.000000177. The predicted molar refractivity (Wildman–Crippen MR) is 282 cm³/mol. The monoisotopic (exact) mass is 1940 g/mol. The summed E-state index contributed by atoms with van der Waals surface area (Å²) in [6.07, 6.45) is 13.7. The molecule has 0 aliphatic carbocycles. The van der Waals surface area contributed by atoms with Crippen LogP contribution in [-0.4, -0.2) is 71.3 Å². The molecule has 0 atom stereocenters. The summed E-state index contributed by atoms with van der Waals surface area (Å²) in [5.74, 6) is 4.60. The van der Waals surface area contributed by atoms with Crippen molar-refractivity contribution in [3.63, 3.8) is 0 Å². The third-order valence-electron chi connectivity index (χ3n) is 11.5. The number of benzene rings is 3. The van der Waals surface area contributed by atoms with Gasteiger partial charge in [-0.3, -0.25) is 9.97 Å². The first kappa shape index (κ1) is 62.6. The number of pyridine rings is 3. The van der Waals surface area contributed by atoms with Gasteiger partial charge in [-0.1, -0.05) is 125 Å². The molecule has 18 nitrogen and oxygen atoms in total. The average Bonchev–Trinajstić information content (AvgIpc) is 4.30. The second-order valence-electron chi connectivity index (χ2n) is 17.1. The van der Waals surface area contributed by atoms with Crippen molar-refractivity contribution in [3.05, 3.63) is 187 Å². The summed E-state index contributed by atoms with van der Waals surface area (Å²) in [5.41, 5.74) is 8.20. The van der Waals surface area contributed by atoms with Gasteiger partial charge in [0, 0.05) is 167 Å². The minimum Gasteiger partial charge on any atom is -0.457 e. The van der Waals surface area contributed by atoms with E-state index in [2.05, 4.69) is 108 Å². The van der Waals surface area contributed by atoms with Gasteiger partial charge in [0.1, 0.15) is 17.1 Å². The van der Waals surface area contributed by atoms with Gasteiger partial charge < -0.3 is 64.1 Å². The molecule has 1 aliphatic heterocycles. The molecule has 13 aromatic rings. The third-order valence-corrected chi connectivity index (χ3v) is 12.3. The molecule has 0 bridgehead atoms. The maximum Gasteiger partial charge on any atom is 0.217 e. The number of aryl methyl sites for hydroxylation is 1. The van der Waals surface area contributed by atoms with Crippen molar-refractivity contribution in [2.75, 3.05) is 0 Å². The van der Waals surface area contributed by atoms with E-state index in [1.807, 2.05) is 145 Å². The van der Waals surface area contributed by atoms with E-state index in [9.17, 15) is 0 Å². The van der Waals surface area contributed by atoms with Gasteiger partial charge in [-0.25, -0.2) is 15.0 Å². The fraction of sp³-hybridized carbons (Fsp3) is 0.130. The Morgan fingerprint density at radius 2 is 1.01 bits per heavy atom. The van der Waals surface area contributed by atoms with E-state index >= 15 is 0 Å². The van der Waals surface area contributed by atoms with Crippen molar-refractivity contribution in [1.82, 2.24) is 74.3 Å². The number of fused-ring (bicyclic) bond motifs is 4. The van der Waals surface area contributed by atoms with Gasteiger partial charge in [-0.2, -0.15) is 0 Å². The maximum atomic E-state index is 5.11. The normalized spacial score (nSPS) is 12.3. The molecule has 0 amide bonds. The van der Waals surface area contributed by atoms with Gasteiger partial charge in [0.15, 0.2) is 0 Å². The summed E-state index contributed by atoms with van der Waals surface area (Å²) < 4.78 is 7.02. The Morgan fingerprint density at radius 3 is 1.53 bits per heavy atom. The molecule has 24 heteroatoms. The standard InChI is InChI=1S/C12H16N3.C11H9N4.C11H7N4.C10H6N3O.C10H6N3S.5Ir/c1-11(2)12(3,4)15-10(14-11)9-7-5-6-8-13-9;1-15-7-6-12-11(15)10-13-8-4-2-3-5-9(8)14-10;1-2-6-12-8(4-1)11-14-9-5-3-7-13-10(9)15-11;2*1-2-4-8-7(3-1)12-9(13-8)10-11-5-6-14-10;;;;;/h5-8H,1-4H3;2-7H,1H3;1-7H;2*1-6H;;;;;/q5*-1;;;;;. The summed E-state index contributed by atoms with van der Waals surface area (Å²) in [4.78, 5) is 64.4. The first-order valence-corrected chi connectivity index (χ1v) is 23.8. The van der Waals surface area contributed by atoms with Crippen LogP contribution in [0.1, 0.15) is 33.4 Å². The van der Waals surface area contributed by atoms with Crippen LogP contribution >= 0.6 is 11.3 Å². The zero-order chi connectivity index (χ0) is 50.2. The molecule has 0 fully saturated rings. The number of thiazole rings is 1. The van der Waals surface area contributed by atoms with Crippen molar-refractivity contribution in [2.45, 2.75) is 38.8 Å². The van der Waals surface area contributed by atoms with Crippen molar-refractivity contribution < 1.29 is 105 Å². The molecule has 14 rings (SSSR count). The SMILES string of the molecule is CC1(C)N=C(c2ccccn2)[N-]C1(C)C.Cn1ccnc1-c1nc2ccccc2[n-]1.[Ir].[Ir].[Ir].[Ir].[Ir].c1ccc(-c2nc3cccnc3[n-]2)nc1.c1ccc2[n-]c(-c3ncco3)nc2c1.c1ccc2[n-]c(-c3nccs3)nc2c1. The molecule has 3 aromatic carbocycles. The number of nitrogens with zero attached hydrogens (tertiary/aromatic N) is 17. The van der Waals surface area contributed by atoms with Gasteiger partial charge in [0.25, 0.3) is 0 Å². The Labute approximate surface area is 519 Å². The largest absolute Gasteiger partial charge is 0.457 e. The second-order valence-corrected chi connectivity index (χ2v) is 18.0. The Hall–Kier alpha value is -6.24. The van der Waals surface area contributed by atoms with E-state index in [4.69, 9.17) is 4.42 Å². The summed E-state index contributed by atoms with van der Waals surface area (Å²) in [6.45, 7) is 8.41. The molecule has 0 saturated carbocycles. The maximum absolute atomic E-state index is 5.11. The molecular weight excluding hydrogens is 1900 g/mol. The van der Waals surface area contributed by atoms with Crippen molar-refractivity contribution in [1.29, 1.82) is 0 Å². The predicted octanol–water partition coefficient (Wildman–Crippen LogP) is 10.2. The van der Waals surface area contributed by atoms with Crippen LogP contribution in [0, 0.1) is 0 Å². The summed E-state index contributed by atoms with van der Waals surface area (Å²) in [7, 11) is 1.93. The molecule has 78 heavy (non-hydrogen) atoms. The van der Waals surface area contributed by atoms with Crippen LogP contribution in [0.25, 0.3) is 95.3 Å². The fourth-order valence-corrected chi connectivity index (χ4v) is 7.68. The molecule has 5 radical (unpaired) electrons. The van der Waals surface area contributed by atoms with Crippen LogP contribution in [0.3, 0.4) is 0 Å². The Morgan fingerprint density at radius 1 is 0.474 bits per heavy atom. The fourth-order valence-electron chi connectivity index (χ4n) is 7.11. The smallest absolute Gasteiger partial charge is 0.217 e.